The quantitative estimate of drug-likeness (QED) is 0.498. The average Bonchev–Trinajstić information content (AvgIpc) is 3.27. The number of piperidine rings is 1. The molecule has 3 fully saturated rings. The lowest BCUT2D eigenvalue weighted by atomic mass is 9.81. The van der Waals surface area contributed by atoms with Gasteiger partial charge in [-0.25, -0.2) is 4.79 Å². The Morgan fingerprint density at radius 1 is 0.971 bits per heavy atom. The first kappa shape index (κ1) is 26.6. The Hall–Kier alpha value is -1.44. The second-order valence-corrected chi connectivity index (χ2v) is 13.1. The molecule has 1 saturated heterocycles. The molecular formula is C28H44N2O4S. The molecule has 2 N–H and O–H groups in total. The van der Waals surface area contributed by atoms with Gasteiger partial charge in [-0.2, -0.15) is 0 Å². The van der Waals surface area contributed by atoms with Crippen molar-refractivity contribution in [1.82, 2.24) is 5.32 Å². The van der Waals surface area contributed by atoms with Crippen LogP contribution in [0.5, 0.6) is 0 Å². The van der Waals surface area contributed by atoms with Crippen molar-refractivity contribution in [2.75, 3.05) is 18.0 Å². The summed E-state index contributed by atoms with van der Waals surface area (Å²) in [5.41, 5.74) is 0.460. The van der Waals surface area contributed by atoms with Crippen LogP contribution in [0.2, 0.25) is 0 Å². The fourth-order valence-electron chi connectivity index (χ4n) is 5.93. The van der Waals surface area contributed by atoms with Crippen LogP contribution in [0.25, 0.3) is 0 Å². The largest absolute Gasteiger partial charge is 0.477 e. The molecule has 196 valence electrons. The van der Waals surface area contributed by atoms with Gasteiger partial charge in [0.1, 0.15) is 4.88 Å². The Morgan fingerprint density at radius 3 is 2.14 bits per heavy atom. The summed E-state index contributed by atoms with van der Waals surface area (Å²) in [4.78, 5) is 29.6. The van der Waals surface area contributed by atoms with Crippen molar-refractivity contribution in [1.29, 1.82) is 0 Å². The SMILES string of the molecule is CC(C)(C)c1cc(N(C(=O)[C@H]2CC[C@H](C)CC2)[C@H]2CC[C@H](OC3CCNCC3)CC2)c(C(=O)O)s1. The minimum Gasteiger partial charge on any atom is -0.477 e. The minimum absolute atomic E-state index is 0.00505. The second-order valence-electron chi connectivity index (χ2n) is 12.1. The van der Waals surface area contributed by atoms with Crippen LogP contribution in [0.3, 0.4) is 0 Å². The highest BCUT2D eigenvalue weighted by Gasteiger charge is 2.38. The van der Waals surface area contributed by atoms with Gasteiger partial charge < -0.3 is 20.1 Å². The van der Waals surface area contributed by atoms with E-state index in [4.69, 9.17) is 4.74 Å². The number of carbonyl (C=O) groups excluding carboxylic acids is 1. The van der Waals surface area contributed by atoms with E-state index in [0.29, 0.717) is 22.6 Å². The summed E-state index contributed by atoms with van der Waals surface area (Å²) in [6.07, 6.45) is 10.3. The predicted octanol–water partition coefficient (Wildman–Crippen LogP) is 5.98. The van der Waals surface area contributed by atoms with Gasteiger partial charge in [0.05, 0.1) is 17.9 Å². The fraction of sp³-hybridized carbons (Fsp3) is 0.786. The lowest BCUT2D eigenvalue weighted by Gasteiger charge is -2.40. The molecule has 6 nitrogen and oxygen atoms in total. The molecule has 4 rings (SSSR count). The number of thiophene rings is 1. The number of aromatic carboxylic acids is 1. The van der Waals surface area contributed by atoms with Gasteiger partial charge >= 0.3 is 5.97 Å². The van der Waals surface area contributed by atoms with Gasteiger partial charge in [-0.1, -0.05) is 27.7 Å². The van der Waals surface area contributed by atoms with Crippen LogP contribution in [0, 0.1) is 11.8 Å². The summed E-state index contributed by atoms with van der Waals surface area (Å²) >= 11 is 1.33. The lowest BCUT2D eigenvalue weighted by molar-refractivity contribution is -0.124. The van der Waals surface area contributed by atoms with Gasteiger partial charge in [-0.05, 0) is 94.7 Å². The smallest absolute Gasteiger partial charge is 0.348 e. The highest BCUT2D eigenvalue weighted by atomic mass is 32.1. The lowest BCUT2D eigenvalue weighted by Crippen LogP contribution is -2.47. The first-order chi connectivity index (χ1) is 16.6. The number of carbonyl (C=O) groups is 2. The summed E-state index contributed by atoms with van der Waals surface area (Å²) < 4.78 is 6.43. The number of hydrogen-bond donors (Lipinski definition) is 2. The number of amides is 1. The summed E-state index contributed by atoms with van der Waals surface area (Å²) in [6, 6.07) is 2.03. The maximum absolute atomic E-state index is 14.0. The monoisotopic (exact) mass is 504 g/mol. The van der Waals surface area contributed by atoms with E-state index in [2.05, 4.69) is 33.0 Å². The van der Waals surface area contributed by atoms with Crippen molar-refractivity contribution in [3.8, 4) is 0 Å². The van der Waals surface area contributed by atoms with E-state index >= 15 is 0 Å². The van der Waals surface area contributed by atoms with Gasteiger partial charge in [0.15, 0.2) is 0 Å². The summed E-state index contributed by atoms with van der Waals surface area (Å²) in [7, 11) is 0. The first-order valence-electron chi connectivity index (χ1n) is 13.7. The molecule has 1 aromatic heterocycles. The molecule has 1 amide bonds. The van der Waals surface area contributed by atoms with Gasteiger partial charge in [0.2, 0.25) is 5.91 Å². The maximum Gasteiger partial charge on any atom is 0.348 e. The molecule has 3 aliphatic rings. The third kappa shape index (κ3) is 6.47. The molecule has 1 aromatic rings. The van der Waals surface area contributed by atoms with Crippen LogP contribution in [0.15, 0.2) is 6.07 Å². The molecule has 35 heavy (non-hydrogen) atoms. The fourth-order valence-corrected chi connectivity index (χ4v) is 6.97. The van der Waals surface area contributed by atoms with Crippen molar-refractivity contribution in [2.24, 2.45) is 11.8 Å². The normalized spacial score (nSPS) is 28.6. The third-order valence-corrected chi connectivity index (χ3v) is 9.73. The topological polar surface area (TPSA) is 78.9 Å². The van der Waals surface area contributed by atoms with Crippen molar-refractivity contribution in [3.05, 3.63) is 15.8 Å². The van der Waals surface area contributed by atoms with Crippen LogP contribution in [0.4, 0.5) is 5.69 Å². The number of rotatable bonds is 6. The molecule has 0 atom stereocenters. The predicted molar refractivity (Wildman–Crippen MR) is 142 cm³/mol. The second kappa shape index (κ2) is 11.3. The van der Waals surface area contributed by atoms with Crippen LogP contribution in [0.1, 0.15) is 106 Å². The number of nitrogens with one attached hydrogen (secondary N) is 1. The zero-order chi connectivity index (χ0) is 25.2. The van der Waals surface area contributed by atoms with E-state index < -0.39 is 5.97 Å². The number of hydrogen-bond acceptors (Lipinski definition) is 5. The average molecular weight is 505 g/mol. The van der Waals surface area contributed by atoms with E-state index in [9.17, 15) is 14.7 Å². The molecular weight excluding hydrogens is 460 g/mol. The van der Waals surface area contributed by atoms with Gasteiger partial charge in [-0.15, -0.1) is 11.3 Å². The minimum atomic E-state index is -0.932. The molecule has 0 spiro atoms. The Morgan fingerprint density at radius 2 is 1.57 bits per heavy atom. The molecule has 7 heteroatoms. The zero-order valence-electron chi connectivity index (χ0n) is 22.0. The number of anilines is 1. The highest BCUT2D eigenvalue weighted by Crippen LogP contribution is 2.42. The molecule has 2 aliphatic carbocycles. The Balaban J connectivity index is 1.56. The van der Waals surface area contributed by atoms with Crippen molar-refractivity contribution < 1.29 is 19.4 Å². The summed E-state index contributed by atoms with van der Waals surface area (Å²) in [6.45, 7) is 10.6. The Labute approximate surface area is 214 Å². The van der Waals surface area contributed by atoms with E-state index in [1.165, 1.54) is 11.3 Å². The Kier molecular flexibility index (Phi) is 8.60. The first-order valence-corrected chi connectivity index (χ1v) is 14.5. The molecule has 0 bridgehead atoms. The van der Waals surface area contributed by atoms with E-state index in [1.807, 2.05) is 11.0 Å². The molecule has 2 saturated carbocycles. The van der Waals surface area contributed by atoms with Crippen LogP contribution in [-0.2, 0) is 14.9 Å². The highest BCUT2D eigenvalue weighted by molar-refractivity contribution is 7.14. The molecule has 0 aromatic carbocycles. The van der Waals surface area contributed by atoms with Crippen molar-refractivity contribution >= 4 is 28.9 Å². The number of nitrogens with zero attached hydrogens (tertiary/aromatic N) is 1. The molecule has 0 unspecified atom stereocenters. The van der Waals surface area contributed by atoms with Crippen LogP contribution in [-0.4, -0.2) is 48.3 Å². The number of ether oxygens (including phenoxy) is 1. The Bertz CT molecular complexity index is 870. The van der Waals surface area contributed by atoms with Gasteiger partial charge in [0.25, 0.3) is 0 Å². The van der Waals surface area contributed by atoms with Crippen LogP contribution >= 0.6 is 11.3 Å². The van der Waals surface area contributed by atoms with E-state index in [1.54, 1.807) is 0 Å². The number of carboxylic acids is 1. The zero-order valence-corrected chi connectivity index (χ0v) is 22.8. The van der Waals surface area contributed by atoms with Gasteiger partial charge in [0, 0.05) is 16.8 Å². The summed E-state index contributed by atoms with van der Waals surface area (Å²) in [5.74, 6) is -0.133. The molecule has 1 aliphatic heterocycles. The van der Waals surface area contributed by atoms with E-state index in [-0.39, 0.29) is 29.4 Å². The van der Waals surface area contributed by atoms with Crippen molar-refractivity contribution in [3.63, 3.8) is 0 Å². The molecule has 2 heterocycles. The number of carboxylic acid groups (broad SMARTS) is 1. The van der Waals surface area contributed by atoms with Crippen LogP contribution < -0.4 is 10.2 Å². The van der Waals surface area contributed by atoms with E-state index in [0.717, 1.165) is 82.2 Å². The maximum atomic E-state index is 14.0. The summed E-state index contributed by atoms with van der Waals surface area (Å²) in [5, 5.41) is 13.5. The molecule has 0 radical (unpaired) electrons. The standard InChI is InChI=1S/C28H44N2O4S/c1-18-5-7-19(8-6-18)26(31)30(23-17-24(28(2,3)4)35-25(23)27(32)33)20-9-11-21(12-10-20)34-22-13-15-29-16-14-22/h17-22,29H,5-16H2,1-4H3,(H,32,33)/t18-,19-,20-,21-. The van der Waals surface area contributed by atoms with Gasteiger partial charge in [-0.3, -0.25) is 4.79 Å². The third-order valence-electron chi connectivity index (χ3n) is 8.19. The van der Waals surface area contributed by atoms with Crippen molar-refractivity contribution in [2.45, 2.75) is 116 Å².